The number of rotatable bonds is 10. The first-order valence-electron chi connectivity index (χ1n) is 10.5. The maximum Gasteiger partial charge on any atom is 0.264 e. The van der Waals surface area contributed by atoms with Crippen LogP contribution in [0.1, 0.15) is 29.3 Å². The quantitative estimate of drug-likeness (QED) is 0.335. The Morgan fingerprint density at radius 3 is 2.12 bits per heavy atom. The van der Waals surface area contributed by atoms with Gasteiger partial charge < -0.3 is 5.32 Å². The monoisotopic (exact) mass is 465 g/mol. The van der Waals surface area contributed by atoms with Crippen molar-refractivity contribution in [2.45, 2.75) is 32.1 Å². The average Bonchev–Trinajstić information content (AvgIpc) is 3.40. The van der Waals surface area contributed by atoms with Gasteiger partial charge in [0.15, 0.2) is 0 Å². The molecule has 2 heterocycles. The van der Waals surface area contributed by atoms with Crippen LogP contribution in [0, 0.1) is 0 Å². The molecule has 2 aromatic carbocycles. The van der Waals surface area contributed by atoms with Crippen molar-refractivity contribution < 1.29 is 9.59 Å². The second-order valence-corrected chi connectivity index (χ2v) is 9.44. The first-order chi connectivity index (χ1) is 15.7. The summed E-state index contributed by atoms with van der Waals surface area (Å²) in [5, 5.41) is 12.6. The molecule has 2 amide bonds. The predicted molar refractivity (Wildman–Crippen MR) is 128 cm³/mol. The highest BCUT2D eigenvalue weighted by Crippen LogP contribution is 2.22. The lowest BCUT2D eigenvalue weighted by atomic mass is 10.2. The highest BCUT2D eigenvalue weighted by atomic mass is 32.1. The molecule has 164 valence electrons. The van der Waals surface area contributed by atoms with E-state index >= 15 is 0 Å². The van der Waals surface area contributed by atoms with Gasteiger partial charge >= 0.3 is 0 Å². The number of hydrogen-bond acceptors (Lipinski definition) is 7. The van der Waals surface area contributed by atoms with Gasteiger partial charge in [-0.15, -0.1) is 27.8 Å². The summed E-state index contributed by atoms with van der Waals surface area (Å²) >= 11 is 3.28. The first kappa shape index (κ1) is 22.2. The Hall–Kier alpha value is -3.04. The van der Waals surface area contributed by atoms with E-state index < -0.39 is 0 Å². The number of nitrogens with one attached hydrogen (secondary N) is 1. The average molecular weight is 466 g/mol. The van der Waals surface area contributed by atoms with Gasteiger partial charge in [0.05, 0.1) is 37.0 Å². The number of azo groups is 1. The molecule has 0 bridgehead atoms. The van der Waals surface area contributed by atoms with Gasteiger partial charge in [-0.25, -0.2) is 9.97 Å². The standard InChI is InChI=1S/C23H23N5O2S2/c29-20(24-14-12-22-26-16-6-1-3-8-18(16)31-22)10-5-11-21(30)28-25-15-13-23-27-17-7-2-4-9-19(17)32-23/h1-4,6-9H,5,10-15H2,(H,24,29). The lowest BCUT2D eigenvalue weighted by Crippen LogP contribution is -2.25. The van der Waals surface area contributed by atoms with Crippen LogP contribution in [0.4, 0.5) is 0 Å². The molecular weight excluding hydrogens is 442 g/mol. The van der Waals surface area contributed by atoms with Gasteiger partial charge in [-0.2, -0.15) is 5.11 Å². The Bertz CT molecular complexity index is 1180. The van der Waals surface area contributed by atoms with E-state index in [0.29, 0.717) is 38.8 Å². The van der Waals surface area contributed by atoms with Gasteiger partial charge in [0.2, 0.25) is 5.91 Å². The third-order valence-corrected chi connectivity index (χ3v) is 6.93. The highest BCUT2D eigenvalue weighted by molar-refractivity contribution is 7.18. The SMILES string of the molecule is O=C(CCCC(=O)NCCc1nc2ccccc2s1)N=NCCc1nc2ccccc2s1. The van der Waals surface area contributed by atoms with Gasteiger partial charge in [0.25, 0.3) is 5.91 Å². The smallest absolute Gasteiger partial charge is 0.264 e. The number of carbonyl (C=O) groups is 2. The van der Waals surface area contributed by atoms with Crippen LogP contribution < -0.4 is 5.32 Å². The van der Waals surface area contributed by atoms with Crippen molar-refractivity contribution in [3.63, 3.8) is 0 Å². The fraction of sp³-hybridized carbons (Fsp3) is 0.304. The predicted octanol–water partition coefficient (Wildman–Crippen LogP) is 4.96. The van der Waals surface area contributed by atoms with Gasteiger partial charge in [-0.1, -0.05) is 24.3 Å². The number of nitrogens with zero attached hydrogens (tertiary/aromatic N) is 4. The molecule has 2 aromatic heterocycles. The van der Waals surface area contributed by atoms with Crippen molar-refractivity contribution in [2.24, 2.45) is 10.2 Å². The summed E-state index contributed by atoms with van der Waals surface area (Å²) < 4.78 is 2.30. The Labute approximate surface area is 193 Å². The highest BCUT2D eigenvalue weighted by Gasteiger charge is 2.07. The van der Waals surface area contributed by atoms with E-state index in [4.69, 9.17) is 0 Å². The van der Waals surface area contributed by atoms with Gasteiger partial charge in [0, 0.05) is 32.2 Å². The molecule has 0 saturated heterocycles. The molecule has 7 nitrogen and oxygen atoms in total. The van der Waals surface area contributed by atoms with Gasteiger partial charge in [-0.3, -0.25) is 9.59 Å². The third kappa shape index (κ3) is 6.24. The largest absolute Gasteiger partial charge is 0.356 e. The topological polar surface area (TPSA) is 96.7 Å². The molecule has 9 heteroatoms. The summed E-state index contributed by atoms with van der Waals surface area (Å²) in [6.07, 6.45) is 2.34. The normalized spacial score (nSPS) is 11.5. The molecule has 0 saturated carbocycles. The maximum atomic E-state index is 12.0. The number of amides is 2. The van der Waals surface area contributed by atoms with Crippen molar-refractivity contribution in [3.05, 3.63) is 58.5 Å². The van der Waals surface area contributed by atoms with Crippen LogP contribution in [0.5, 0.6) is 0 Å². The van der Waals surface area contributed by atoms with Crippen molar-refractivity contribution >= 4 is 54.9 Å². The summed E-state index contributed by atoms with van der Waals surface area (Å²) in [6.45, 7) is 0.968. The molecule has 0 unspecified atom stereocenters. The van der Waals surface area contributed by atoms with E-state index in [2.05, 4.69) is 25.5 Å². The minimum absolute atomic E-state index is 0.0633. The van der Waals surface area contributed by atoms with E-state index in [0.717, 1.165) is 30.4 Å². The molecule has 0 aliphatic heterocycles. The summed E-state index contributed by atoms with van der Waals surface area (Å²) in [7, 11) is 0. The van der Waals surface area contributed by atoms with Crippen LogP contribution in [0.2, 0.25) is 0 Å². The number of benzene rings is 2. The molecule has 1 N–H and O–H groups in total. The number of aromatic nitrogens is 2. The van der Waals surface area contributed by atoms with Crippen molar-refractivity contribution in [3.8, 4) is 0 Å². The van der Waals surface area contributed by atoms with Crippen molar-refractivity contribution in [2.75, 3.05) is 13.1 Å². The summed E-state index contributed by atoms with van der Waals surface area (Å²) in [4.78, 5) is 32.9. The Kier molecular flexibility index (Phi) is 7.63. The molecule has 0 atom stereocenters. The van der Waals surface area contributed by atoms with Crippen LogP contribution in [0.25, 0.3) is 20.4 Å². The van der Waals surface area contributed by atoms with Crippen LogP contribution >= 0.6 is 22.7 Å². The van der Waals surface area contributed by atoms with Crippen LogP contribution in [-0.4, -0.2) is 34.9 Å². The van der Waals surface area contributed by atoms with Crippen molar-refractivity contribution in [1.29, 1.82) is 0 Å². The molecule has 0 radical (unpaired) electrons. The summed E-state index contributed by atoms with van der Waals surface area (Å²) in [5.74, 6) is -0.358. The summed E-state index contributed by atoms with van der Waals surface area (Å²) in [5.41, 5.74) is 1.98. The van der Waals surface area contributed by atoms with Crippen LogP contribution in [0.15, 0.2) is 58.8 Å². The second-order valence-electron chi connectivity index (χ2n) is 7.21. The number of hydrogen-bond donors (Lipinski definition) is 1. The number of fused-ring (bicyclic) bond motifs is 2. The zero-order valence-electron chi connectivity index (χ0n) is 17.5. The zero-order chi connectivity index (χ0) is 22.2. The van der Waals surface area contributed by atoms with E-state index in [-0.39, 0.29) is 18.2 Å². The molecule has 0 aliphatic carbocycles. The Balaban J connectivity index is 1.09. The third-order valence-electron chi connectivity index (χ3n) is 4.74. The molecule has 4 aromatic rings. The van der Waals surface area contributed by atoms with Gasteiger partial charge in [-0.05, 0) is 30.7 Å². The molecule has 0 fully saturated rings. The van der Waals surface area contributed by atoms with E-state index in [9.17, 15) is 9.59 Å². The fourth-order valence-corrected chi connectivity index (χ4v) is 5.10. The molecule has 32 heavy (non-hydrogen) atoms. The van der Waals surface area contributed by atoms with Crippen molar-refractivity contribution in [1.82, 2.24) is 15.3 Å². The van der Waals surface area contributed by atoms with Crippen LogP contribution in [0.3, 0.4) is 0 Å². The first-order valence-corrected chi connectivity index (χ1v) is 12.2. The van der Waals surface area contributed by atoms with Crippen LogP contribution in [-0.2, 0) is 22.4 Å². The number of para-hydroxylation sites is 2. The minimum atomic E-state index is -0.295. The lowest BCUT2D eigenvalue weighted by Gasteiger charge is -2.02. The summed E-state index contributed by atoms with van der Waals surface area (Å²) in [6, 6.07) is 16.0. The fourth-order valence-electron chi connectivity index (χ4n) is 3.18. The zero-order valence-corrected chi connectivity index (χ0v) is 19.1. The molecule has 0 spiro atoms. The maximum absolute atomic E-state index is 12.0. The second kappa shape index (κ2) is 11.0. The number of carbonyl (C=O) groups excluding carboxylic acids is 2. The van der Waals surface area contributed by atoms with E-state index in [1.165, 1.54) is 0 Å². The van der Waals surface area contributed by atoms with E-state index in [1.54, 1.807) is 22.7 Å². The van der Waals surface area contributed by atoms with Gasteiger partial charge in [0.1, 0.15) is 0 Å². The lowest BCUT2D eigenvalue weighted by molar-refractivity contribution is -0.121. The molecule has 4 rings (SSSR count). The Morgan fingerprint density at radius 2 is 1.47 bits per heavy atom. The number of thiazole rings is 2. The molecule has 0 aliphatic rings. The molecular formula is C23H23N5O2S2. The minimum Gasteiger partial charge on any atom is -0.356 e. The Morgan fingerprint density at radius 1 is 0.844 bits per heavy atom. The van der Waals surface area contributed by atoms with E-state index in [1.807, 2.05) is 48.5 Å².